The van der Waals surface area contributed by atoms with Crippen LogP contribution in [-0.2, 0) is 12.7 Å². The smallest absolute Gasteiger partial charge is 0.319 e. The minimum Gasteiger partial charge on any atom is -0.319 e. The summed E-state index contributed by atoms with van der Waals surface area (Å²) in [5, 5.41) is 7.52. The van der Waals surface area contributed by atoms with Gasteiger partial charge in [-0.1, -0.05) is 6.07 Å². The number of hydrogen-bond acceptors (Lipinski definition) is 5. The number of aromatic nitrogens is 5. The number of pyridine rings is 2. The zero-order valence-corrected chi connectivity index (χ0v) is 17.4. The molecule has 0 saturated carbocycles. The van der Waals surface area contributed by atoms with Crippen LogP contribution in [0.25, 0.3) is 15.9 Å². The third-order valence-electron chi connectivity index (χ3n) is 4.93. The molecule has 5 heterocycles. The van der Waals surface area contributed by atoms with E-state index >= 15 is 0 Å². The second-order valence-corrected chi connectivity index (χ2v) is 8.18. The monoisotopic (exact) mass is 456 g/mol. The number of alkyl halides is 3. The molecule has 0 radical (unpaired) electrons. The summed E-state index contributed by atoms with van der Waals surface area (Å²) in [6.45, 7) is 2.11. The van der Waals surface area contributed by atoms with Crippen molar-refractivity contribution in [3.05, 3.63) is 76.9 Å². The van der Waals surface area contributed by atoms with E-state index in [9.17, 15) is 18.0 Å². The SMILES string of the molecule is Cc1c(C(=O)Nc2cnn(Cc3cn4ccccc4n3)c2)sc2nc(C(F)(F)F)ccc12. The summed E-state index contributed by atoms with van der Waals surface area (Å²) < 4.78 is 42.4. The number of nitrogens with zero attached hydrogens (tertiary/aromatic N) is 5. The number of thiophene rings is 1. The molecule has 11 heteroatoms. The molecule has 1 N–H and O–H groups in total. The van der Waals surface area contributed by atoms with E-state index in [-0.39, 0.29) is 4.83 Å². The highest BCUT2D eigenvalue weighted by atomic mass is 32.1. The van der Waals surface area contributed by atoms with Crippen molar-refractivity contribution in [1.82, 2.24) is 24.1 Å². The quantitative estimate of drug-likeness (QED) is 0.423. The molecular weight excluding hydrogens is 441 g/mol. The van der Waals surface area contributed by atoms with Crippen LogP contribution >= 0.6 is 11.3 Å². The standard InChI is InChI=1S/C21H15F3N6OS/c1-12-15-5-6-16(21(22,23)24)28-20(15)32-18(12)19(31)27-13-8-25-30(10-13)11-14-9-29-7-3-2-4-17(29)26-14/h2-10H,11H2,1H3,(H,27,31). The number of amides is 1. The van der Waals surface area contributed by atoms with Gasteiger partial charge < -0.3 is 9.72 Å². The second kappa shape index (κ2) is 7.45. The summed E-state index contributed by atoms with van der Waals surface area (Å²) in [4.78, 5) is 21.4. The predicted octanol–water partition coefficient (Wildman–Crippen LogP) is 4.77. The summed E-state index contributed by atoms with van der Waals surface area (Å²) >= 11 is 0.930. The highest BCUT2D eigenvalue weighted by Crippen LogP contribution is 2.34. The molecule has 0 aromatic carbocycles. The lowest BCUT2D eigenvalue weighted by Gasteiger charge is -2.04. The number of halogens is 3. The highest BCUT2D eigenvalue weighted by Gasteiger charge is 2.33. The molecule has 32 heavy (non-hydrogen) atoms. The Balaban J connectivity index is 1.34. The number of nitrogens with one attached hydrogen (secondary N) is 1. The van der Waals surface area contributed by atoms with Gasteiger partial charge >= 0.3 is 6.18 Å². The van der Waals surface area contributed by atoms with Gasteiger partial charge in [-0.2, -0.15) is 18.3 Å². The van der Waals surface area contributed by atoms with Crippen molar-refractivity contribution in [3.8, 4) is 0 Å². The van der Waals surface area contributed by atoms with Gasteiger partial charge in [-0.15, -0.1) is 11.3 Å². The van der Waals surface area contributed by atoms with Crippen LogP contribution in [0.5, 0.6) is 0 Å². The Hall–Kier alpha value is -3.73. The largest absolute Gasteiger partial charge is 0.433 e. The number of carbonyl (C=O) groups excluding carboxylic acids is 1. The van der Waals surface area contributed by atoms with Gasteiger partial charge in [-0.25, -0.2) is 9.97 Å². The van der Waals surface area contributed by atoms with Crippen LogP contribution in [0, 0.1) is 6.92 Å². The number of carbonyl (C=O) groups is 1. The number of imidazole rings is 1. The Morgan fingerprint density at radius 2 is 2.00 bits per heavy atom. The molecule has 1 amide bonds. The number of aryl methyl sites for hydroxylation is 1. The molecule has 5 rings (SSSR count). The average molecular weight is 456 g/mol. The van der Waals surface area contributed by atoms with E-state index in [1.165, 1.54) is 12.3 Å². The number of anilines is 1. The van der Waals surface area contributed by atoms with Gasteiger partial charge in [0.15, 0.2) is 0 Å². The molecule has 0 unspecified atom stereocenters. The van der Waals surface area contributed by atoms with Crippen molar-refractivity contribution < 1.29 is 18.0 Å². The third-order valence-corrected chi connectivity index (χ3v) is 6.13. The number of fused-ring (bicyclic) bond motifs is 2. The van der Waals surface area contributed by atoms with E-state index < -0.39 is 17.8 Å². The summed E-state index contributed by atoms with van der Waals surface area (Å²) in [6.07, 6.45) is 2.45. The summed E-state index contributed by atoms with van der Waals surface area (Å²) in [6, 6.07) is 7.99. The second-order valence-electron chi connectivity index (χ2n) is 7.18. The van der Waals surface area contributed by atoms with Gasteiger partial charge in [0.25, 0.3) is 5.91 Å². The molecule has 0 saturated heterocycles. The first kappa shape index (κ1) is 20.2. The summed E-state index contributed by atoms with van der Waals surface area (Å²) in [7, 11) is 0. The summed E-state index contributed by atoms with van der Waals surface area (Å²) in [5.41, 5.74) is 1.71. The zero-order valence-electron chi connectivity index (χ0n) is 16.6. The van der Waals surface area contributed by atoms with Gasteiger partial charge in [-0.3, -0.25) is 9.48 Å². The molecule has 0 atom stereocenters. The van der Waals surface area contributed by atoms with Crippen LogP contribution in [0.3, 0.4) is 0 Å². The Morgan fingerprint density at radius 3 is 2.78 bits per heavy atom. The molecule has 162 valence electrons. The lowest BCUT2D eigenvalue weighted by molar-refractivity contribution is -0.140. The van der Waals surface area contributed by atoms with Crippen LogP contribution in [0.1, 0.15) is 26.6 Å². The molecule has 0 fully saturated rings. The maximum atomic E-state index is 12.9. The van der Waals surface area contributed by atoms with E-state index in [0.717, 1.165) is 28.7 Å². The van der Waals surface area contributed by atoms with Crippen LogP contribution < -0.4 is 5.32 Å². The lowest BCUT2D eigenvalue weighted by Crippen LogP contribution is -2.10. The van der Waals surface area contributed by atoms with Gasteiger partial charge in [0.2, 0.25) is 0 Å². The van der Waals surface area contributed by atoms with Crippen LogP contribution in [0.4, 0.5) is 18.9 Å². The molecule has 5 aromatic heterocycles. The molecule has 0 aliphatic carbocycles. The first-order chi connectivity index (χ1) is 15.3. The molecular formula is C21H15F3N6OS. The van der Waals surface area contributed by atoms with Crippen molar-refractivity contribution in [2.24, 2.45) is 0 Å². The maximum Gasteiger partial charge on any atom is 0.433 e. The van der Waals surface area contributed by atoms with E-state index in [2.05, 4.69) is 20.4 Å². The fourth-order valence-electron chi connectivity index (χ4n) is 3.41. The van der Waals surface area contributed by atoms with Crippen molar-refractivity contribution in [1.29, 1.82) is 0 Å². The Morgan fingerprint density at radius 1 is 1.16 bits per heavy atom. The predicted molar refractivity (Wildman–Crippen MR) is 114 cm³/mol. The van der Waals surface area contributed by atoms with Gasteiger partial charge in [0.05, 0.1) is 29.0 Å². The van der Waals surface area contributed by atoms with Crippen molar-refractivity contribution >= 4 is 38.8 Å². The Kier molecular flexibility index (Phi) is 4.70. The Bertz CT molecular complexity index is 1430. The molecule has 7 nitrogen and oxygen atoms in total. The third kappa shape index (κ3) is 3.71. The minimum atomic E-state index is -4.54. The van der Waals surface area contributed by atoms with Crippen molar-refractivity contribution in [3.63, 3.8) is 0 Å². The average Bonchev–Trinajstić information content (AvgIpc) is 3.44. The van der Waals surface area contributed by atoms with E-state index in [0.29, 0.717) is 28.1 Å². The number of hydrogen-bond donors (Lipinski definition) is 1. The van der Waals surface area contributed by atoms with Gasteiger partial charge in [0.1, 0.15) is 16.2 Å². The topological polar surface area (TPSA) is 77.1 Å². The fourth-order valence-corrected chi connectivity index (χ4v) is 4.48. The van der Waals surface area contributed by atoms with E-state index in [1.807, 2.05) is 35.0 Å². The van der Waals surface area contributed by atoms with Crippen LogP contribution in [0.15, 0.2) is 55.1 Å². The van der Waals surface area contributed by atoms with Gasteiger partial charge in [-0.05, 0) is 36.8 Å². The minimum absolute atomic E-state index is 0.171. The van der Waals surface area contributed by atoms with Crippen LogP contribution in [0.2, 0.25) is 0 Å². The molecule has 0 spiro atoms. The first-order valence-corrected chi connectivity index (χ1v) is 10.3. The first-order valence-electron chi connectivity index (χ1n) is 9.52. The fraction of sp³-hybridized carbons (Fsp3) is 0.143. The highest BCUT2D eigenvalue weighted by molar-refractivity contribution is 7.20. The molecule has 0 aliphatic rings. The van der Waals surface area contributed by atoms with E-state index in [1.54, 1.807) is 17.8 Å². The van der Waals surface area contributed by atoms with Crippen LogP contribution in [-0.4, -0.2) is 30.1 Å². The van der Waals surface area contributed by atoms with Crippen molar-refractivity contribution in [2.75, 3.05) is 5.32 Å². The number of rotatable bonds is 4. The molecule has 0 aliphatic heterocycles. The van der Waals surface area contributed by atoms with E-state index in [4.69, 9.17) is 0 Å². The summed E-state index contributed by atoms with van der Waals surface area (Å²) in [5.74, 6) is -0.425. The molecule has 0 bridgehead atoms. The normalized spacial score (nSPS) is 12.0. The maximum absolute atomic E-state index is 12.9. The zero-order chi connectivity index (χ0) is 22.5. The Labute approximate surface area is 183 Å². The van der Waals surface area contributed by atoms with Crippen molar-refractivity contribution in [2.45, 2.75) is 19.6 Å². The molecule has 5 aromatic rings. The lowest BCUT2D eigenvalue weighted by atomic mass is 10.2. The van der Waals surface area contributed by atoms with Gasteiger partial charge in [0, 0.05) is 24.0 Å².